The van der Waals surface area contributed by atoms with Gasteiger partial charge in [-0.2, -0.15) is 6.08 Å². The van der Waals surface area contributed by atoms with E-state index in [0.29, 0.717) is 0 Å². The summed E-state index contributed by atoms with van der Waals surface area (Å²) in [5, 5.41) is 8.19. The fraction of sp³-hybridized carbons (Fsp3) is 0.0333. The van der Waals surface area contributed by atoms with Crippen LogP contribution in [0.5, 0.6) is 0 Å². The fourth-order valence-corrected chi connectivity index (χ4v) is 4.51. The average molecular weight is 498 g/mol. The van der Waals surface area contributed by atoms with Crippen molar-refractivity contribution < 1.29 is 31.1 Å². The molecular formula is C30H24F2SiTi. The number of hydrogen-bond donors (Lipinski definition) is 0. The van der Waals surface area contributed by atoms with Gasteiger partial charge in [0.2, 0.25) is 0 Å². The van der Waals surface area contributed by atoms with Crippen LogP contribution in [0, 0.1) is 6.08 Å². The summed E-state index contributed by atoms with van der Waals surface area (Å²) in [6.07, 6.45) is 10.0. The van der Waals surface area contributed by atoms with Gasteiger partial charge in [-0.05, 0) is 0 Å². The first-order valence-electron chi connectivity index (χ1n) is 10.5. The molecule has 0 N–H and O–H groups in total. The first kappa shape index (κ1) is 29.1. The molecule has 0 aliphatic heterocycles. The van der Waals surface area contributed by atoms with Gasteiger partial charge in [0.15, 0.2) is 0 Å². The summed E-state index contributed by atoms with van der Waals surface area (Å²) in [4.78, 5) is 0. The topological polar surface area (TPSA) is 0 Å². The number of hydrogen-bond acceptors (Lipinski definition) is 0. The molecule has 1 aliphatic rings. The fourth-order valence-electron chi connectivity index (χ4n) is 3.45. The van der Waals surface area contributed by atoms with E-state index in [1.54, 1.807) is 0 Å². The van der Waals surface area contributed by atoms with Crippen LogP contribution in [0.3, 0.4) is 0 Å². The third-order valence-corrected chi connectivity index (χ3v) is 6.19. The first-order chi connectivity index (χ1) is 15.4. The Labute approximate surface area is 217 Å². The molecule has 0 amide bonds. The van der Waals surface area contributed by atoms with Crippen molar-refractivity contribution in [2.45, 2.75) is 6.42 Å². The van der Waals surface area contributed by atoms with E-state index in [1.807, 2.05) is 12.2 Å². The van der Waals surface area contributed by atoms with E-state index in [0.717, 1.165) is 15.9 Å². The zero-order valence-electron chi connectivity index (χ0n) is 18.7. The van der Waals surface area contributed by atoms with Gasteiger partial charge in [-0.3, -0.25) is 6.08 Å². The molecule has 5 aromatic rings. The van der Waals surface area contributed by atoms with Crippen LogP contribution < -0.4 is 19.8 Å². The second kappa shape index (κ2) is 15.8. The minimum absolute atomic E-state index is 0. The summed E-state index contributed by atoms with van der Waals surface area (Å²) in [6.45, 7) is 0. The third kappa shape index (κ3) is 8.42. The summed E-state index contributed by atoms with van der Waals surface area (Å²) in [5.74, 6) is 0. The number of allylic oxidation sites excluding steroid dienone is 4. The van der Waals surface area contributed by atoms with Crippen molar-refractivity contribution in [3.05, 3.63) is 140 Å². The molecule has 2 radical (unpaired) electrons. The van der Waals surface area contributed by atoms with Crippen LogP contribution >= 0.6 is 0 Å². The van der Waals surface area contributed by atoms with Gasteiger partial charge in [0.05, 0.1) is 0 Å². The quantitative estimate of drug-likeness (QED) is 0.244. The first-order valence-corrected chi connectivity index (χ1v) is 11.5. The predicted octanol–water partition coefficient (Wildman–Crippen LogP) is 0.365. The van der Waals surface area contributed by atoms with Crippen LogP contribution in [0.15, 0.2) is 133 Å². The largest absolute Gasteiger partial charge is 4.00 e. The third-order valence-electron chi connectivity index (χ3n) is 4.94. The maximum absolute atomic E-state index is 2.99. The summed E-state index contributed by atoms with van der Waals surface area (Å²) < 4.78 is 0. The molecule has 0 atom stereocenters. The van der Waals surface area contributed by atoms with Gasteiger partial charge in [0.1, 0.15) is 9.52 Å². The molecule has 0 aromatic heterocycles. The standard InChI is InChI=1S/C13H9.C12H10Si.C5H5.2FH.Ti/c1-3-7-12-10(5-1)9-11-6-2-4-8-13(11)12;1-3-7-11(8-4-1)13-12-9-5-2-6-10-12;1-2-4-5-3-1;;;/h1-9H;1-10H;1-3H,4H2;2*1H;/q-1;;-1;;;+4/p-2. The molecule has 0 saturated carbocycles. The molecule has 6 rings (SSSR count). The molecule has 0 saturated heterocycles. The Hall–Kier alpha value is -2.98. The Kier molecular flexibility index (Phi) is 13.5. The van der Waals surface area contributed by atoms with Crippen molar-refractivity contribution in [2.24, 2.45) is 0 Å². The molecule has 0 nitrogen and oxygen atoms in total. The van der Waals surface area contributed by atoms with Gasteiger partial charge >= 0.3 is 21.7 Å². The van der Waals surface area contributed by atoms with E-state index in [4.69, 9.17) is 0 Å². The number of benzene rings is 4. The minimum atomic E-state index is 0. The van der Waals surface area contributed by atoms with E-state index in [1.165, 1.54) is 31.9 Å². The van der Waals surface area contributed by atoms with Crippen molar-refractivity contribution >= 4 is 41.4 Å². The molecule has 0 bridgehead atoms. The van der Waals surface area contributed by atoms with Gasteiger partial charge in [-0.25, -0.2) is 12.2 Å². The van der Waals surface area contributed by atoms with Gasteiger partial charge in [-0.15, -0.1) is 46.2 Å². The zero-order chi connectivity index (χ0) is 21.1. The Morgan fingerprint density at radius 3 is 1.41 bits per heavy atom. The monoisotopic (exact) mass is 498 g/mol. The summed E-state index contributed by atoms with van der Waals surface area (Å²) in [6, 6.07) is 40.4. The zero-order valence-corrected chi connectivity index (χ0v) is 21.2. The van der Waals surface area contributed by atoms with Crippen LogP contribution in [0.1, 0.15) is 6.42 Å². The predicted molar refractivity (Wildman–Crippen MR) is 137 cm³/mol. The van der Waals surface area contributed by atoms with Crippen molar-refractivity contribution in [3.8, 4) is 0 Å². The Morgan fingerprint density at radius 2 is 1.03 bits per heavy atom. The molecule has 166 valence electrons. The number of rotatable bonds is 2. The molecule has 5 aromatic carbocycles. The van der Waals surface area contributed by atoms with Crippen LogP contribution in [0.25, 0.3) is 21.5 Å². The van der Waals surface area contributed by atoms with Crippen LogP contribution in [0.2, 0.25) is 0 Å². The van der Waals surface area contributed by atoms with Gasteiger partial charge < -0.3 is 9.41 Å². The van der Waals surface area contributed by atoms with Crippen LogP contribution in [-0.2, 0) is 21.7 Å². The van der Waals surface area contributed by atoms with Crippen molar-refractivity contribution in [1.82, 2.24) is 0 Å². The molecule has 1 aliphatic carbocycles. The van der Waals surface area contributed by atoms with Gasteiger partial charge in [-0.1, -0.05) is 107 Å². The van der Waals surface area contributed by atoms with E-state index < -0.39 is 0 Å². The van der Waals surface area contributed by atoms with Gasteiger partial charge in [0, 0.05) is 0 Å². The van der Waals surface area contributed by atoms with E-state index in [2.05, 4.69) is 127 Å². The second-order valence-corrected chi connectivity index (χ2v) is 8.58. The van der Waals surface area contributed by atoms with Crippen LogP contribution in [-0.4, -0.2) is 9.52 Å². The molecule has 0 unspecified atom stereocenters. The Bertz CT molecular complexity index is 1180. The Balaban J connectivity index is 0.000000264. The van der Waals surface area contributed by atoms with Crippen molar-refractivity contribution in [1.29, 1.82) is 0 Å². The maximum atomic E-state index is 2.99. The minimum Gasteiger partial charge on any atom is -1.00 e. The second-order valence-electron chi connectivity index (χ2n) is 7.18. The summed E-state index contributed by atoms with van der Waals surface area (Å²) in [7, 11) is 0.777. The molecular weight excluding hydrogens is 474 g/mol. The molecule has 4 heteroatoms. The SMILES string of the molecule is [C-]1=CC=CC1.[F-].[F-].[Ti+4].c1ccc([Si]c2ccccc2)cc1.c1ccc2c(c1)[cH-]c1ccccc12. The molecule has 0 spiro atoms. The maximum Gasteiger partial charge on any atom is 4.00 e. The van der Waals surface area contributed by atoms with Crippen molar-refractivity contribution in [3.63, 3.8) is 0 Å². The molecule has 0 heterocycles. The normalized spacial score (nSPS) is 10.6. The number of fused-ring (bicyclic) bond motifs is 3. The van der Waals surface area contributed by atoms with E-state index in [-0.39, 0.29) is 31.1 Å². The van der Waals surface area contributed by atoms with Crippen molar-refractivity contribution in [2.75, 3.05) is 0 Å². The van der Waals surface area contributed by atoms with Crippen LogP contribution in [0.4, 0.5) is 0 Å². The molecule has 34 heavy (non-hydrogen) atoms. The summed E-state index contributed by atoms with van der Waals surface area (Å²) in [5.41, 5.74) is 0. The average Bonchev–Trinajstić information content (AvgIpc) is 3.53. The van der Waals surface area contributed by atoms with Gasteiger partial charge in [0.25, 0.3) is 0 Å². The Morgan fingerprint density at radius 1 is 0.588 bits per heavy atom. The number of halogens is 2. The van der Waals surface area contributed by atoms with E-state index in [9.17, 15) is 0 Å². The van der Waals surface area contributed by atoms with E-state index >= 15 is 0 Å². The molecule has 0 fully saturated rings. The summed E-state index contributed by atoms with van der Waals surface area (Å²) >= 11 is 0. The smallest absolute Gasteiger partial charge is 1.00 e.